The van der Waals surface area contributed by atoms with E-state index in [1.807, 2.05) is 0 Å². The Bertz CT molecular complexity index is 623. The molecule has 2 aliphatic rings. The van der Waals surface area contributed by atoms with Crippen LogP contribution in [0.5, 0.6) is 0 Å². The summed E-state index contributed by atoms with van der Waals surface area (Å²) in [5.41, 5.74) is 0.550. The lowest BCUT2D eigenvalue weighted by Crippen LogP contribution is -2.43. The van der Waals surface area contributed by atoms with Crippen molar-refractivity contribution in [2.24, 2.45) is 5.92 Å². The number of amides is 2. The summed E-state index contributed by atoms with van der Waals surface area (Å²) in [7, 11) is 0. The topological polar surface area (TPSA) is 49.4 Å². The third-order valence-electron chi connectivity index (χ3n) is 4.70. The van der Waals surface area contributed by atoms with E-state index in [0.717, 1.165) is 0 Å². The molecule has 2 fully saturated rings. The molecule has 7 heteroatoms. The van der Waals surface area contributed by atoms with Crippen molar-refractivity contribution < 1.29 is 22.8 Å². The summed E-state index contributed by atoms with van der Waals surface area (Å²) in [5, 5.41) is 2.79. The number of anilines is 1. The van der Waals surface area contributed by atoms with Crippen LogP contribution < -0.4 is 10.2 Å². The number of benzene rings is 1. The predicted octanol–water partition coefficient (Wildman–Crippen LogP) is 2.87. The first-order valence-electron chi connectivity index (χ1n) is 8.08. The third kappa shape index (κ3) is 3.71. The Morgan fingerprint density at radius 1 is 1.17 bits per heavy atom. The first-order valence-corrected chi connectivity index (χ1v) is 8.08. The molecule has 1 saturated carbocycles. The maximum absolute atomic E-state index is 13.1. The fourth-order valence-electron chi connectivity index (χ4n) is 3.26. The van der Waals surface area contributed by atoms with E-state index in [9.17, 15) is 22.8 Å². The van der Waals surface area contributed by atoms with E-state index >= 15 is 0 Å². The second-order valence-electron chi connectivity index (χ2n) is 6.52. The molecule has 1 N–H and O–H groups in total. The molecule has 1 aliphatic heterocycles. The molecule has 24 heavy (non-hydrogen) atoms. The van der Waals surface area contributed by atoms with Crippen LogP contribution in [0, 0.1) is 11.7 Å². The number of carbonyl (C=O) groups excluding carboxylic acids is 2. The highest BCUT2D eigenvalue weighted by molar-refractivity contribution is 6.00. The van der Waals surface area contributed by atoms with Crippen molar-refractivity contribution in [3.63, 3.8) is 0 Å². The van der Waals surface area contributed by atoms with E-state index < -0.39 is 17.7 Å². The van der Waals surface area contributed by atoms with Gasteiger partial charge in [-0.05, 0) is 37.1 Å². The molecule has 2 amide bonds. The summed E-state index contributed by atoms with van der Waals surface area (Å²) in [6, 6.07) is 5.26. The summed E-state index contributed by atoms with van der Waals surface area (Å²) in [6.07, 6.45) is 0.140. The molecule has 1 aliphatic carbocycles. The zero-order chi connectivity index (χ0) is 17.3. The van der Waals surface area contributed by atoms with Crippen LogP contribution in [-0.4, -0.2) is 30.3 Å². The molecule has 0 bridgehead atoms. The van der Waals surface area contributed by atoms with E-state index in [4.69, 9.17) is 0 Å². The molecule has 1 atom stereocenters. The number of nitrogens with one attached hydrogen (secondary N) is 1. The van der Waals surface area contributed by atoms with Gasteiger partial charge in [0.05, 0.1) is 5.92 Å². The monoisotopic (exact) mass is 340 g/mol. The minimum absolute atomic E-state index is 0.0755. The number of halogens is 3. The average Bonchev–Trinajstić information content (AvgIpc) is 2.92. The Balaban J connectivity index is 1.57. The second-order valence-corrected chi connectivity index (χ2v) is 6.52. The minimum Gasteiger partial charge on any atom is -0.353 e. The Morgan fingerprint density at radius 2 is 1.79 bits per heavy atom. The van der Waals surface area contributed by atoms with Crippen LogP contribution in [-0.2, 0) is 9.59 Å². The first kappa shape index (κ1) is 16.8. The largest absolute Gasteiger partial charge is 0.353 e. The highest BCUT2D eigenvalue weighted by atomic mass is 19.3. The Kier molecular flexibility index (Phi) is 4.51. The molecule has 0 unspecified atom stereocenters. The van der Waals surface area contributed by atoms with Crippen molar-refractivity contribution in [3.8, 4) is 0 Å². The van der Waals surface area contributed by atoms with Crippen molar-refractivity contribution in [1.82, 2.24) is 5.32 Å². The molecule has 1 aromatic rings. The molecule has 1 saturated heterocycles. The number of nitrogens with zero attached hydrogens (tertiary/aromatic N) is 1. The molecule has 0 aromatic heterocycles. The maximum atomic E-state index is 13.1. The number of hydrogen-bond donors (Lipinski definition) is 1. The lowest BCUT2D eigenvalue weighted by molar-refractivity contribution is -0.127. The van der Waals surface area contributed by atoms with Gasteiger partial charge in [-0.25, -0.2) is 13.2 Å². The van der Waals surface area contributed by atoms with Crippen LogP contribution in [0.25, 0.3) is 0 Å². The van der Waals surface area contributed by atoms with Crippen molar-refractivity contribution in [3.05, 3.63) is 30.1 Å². The van der Waals surface area contributed by atoms with Crippen LogP contribution in [0.15, 0.2) is 24.3 Å². The predicted molar refractivity (Wildman–Crippen MR) is 82.2 cm³/mol. The summed E-state index contributed by atoms with van der Waals surface area (Å²) >= 11 is 0. The zero-order valence-corrected chi connectivity index (χ0v) is 13.1. The highest BCUT2D eigenvalue weighted by Gasteiger charge is 2.38. The molecule has 0 spiro atoms. The van der Waals surface area contributed by atoms with Gasteiger partial charge >= 0.3 is 0 Å². The fraction of sp³-hybridized carbons (Fsp3) is 0.529. The van der Waals surface area contributed by atoms with Gasteiger partial charge in [-0.15, -0.1) is 0 Å². The van der Waals surface area contributed by atoms with Gasteiger partial charge < -0.3 is 10.2 Å². The van der Waals surface area contributed by atoms with Crippen LogP contribution >= 0.6 is 0 Å². The van der Waals surface area contributed by atoms with Crippen LogP contribution in [0.1, 0.15) is 32.1 Å². The lowest BCUT2D eigenvalue weighted by Gasteiger charge is -2.29. The SMILES string of the molecule is O=C(NC1CCC(F)(F)CC1)[C@H]1CC(=O)N(c2ccc(F)cc2)C1. The van der Waals surface area contributed by atoms with Gasteiger partial charge in [0, 0.05) is 37.5 Å². The van der Waals surface area contributed by atoms with E-state index in [1.165, 1.54) is 29.2 Å². The van der Waals surface area contributed by atoms with Crippen molar-refractivity contribution in [2.75, 3.05) is 11.4 Å². The Hall–Kier alpha value is -2.05. The standard InChI is InChI=1S/C17H19F3N2O2/c18-12-1-3-14(4-2-12)22-10-11(9-15(22)23)16(24)21-13-5-7-17(19,20)8-6-13/h1-4,11,13H,5-10H2,(H,21,24)/t11-/m0/s1. The van der Waals surface area contributed by atoms with Gasteiger partial charge in [-0.2, -0.15) is 0 Å². The molecule has 3 rings (SSSR count). The molecular formula is C17H19F3N2O2. The third-order valence-corrected chi connectivity index (χ3v) is 4.70. The summed E-state index contributed by atoms with van der Waals surface area (Å²) in [4.78, 5) is 25.9. The smallest absolute Gasteiger partial charge is 0.248 e. The van der Waals surface area contributed by atoms with Gasteiger partial charge in [-0.3, -0.25) is 9.59 Å². The second kappa shape index (κ2) is 6.45. The number of rotatable bonds is 3. The normalized spacial score (nSPS) is 24.2. The van der Waals surface area contributed by atoms with E-state index in [-0.39, 0.29) is 56.5 Å². The highest BCUT2D eigenvalue weighted by Crippen LogP contribution is 2.33. The molecular weight excluding hydrogens is 321 g/mol. The molecule has 1 aromatic carbocycles. The number of hydrogen-bond acceptors (Lipinski definition) is 2. The maximum Gasteiger partial charge on any atom is 0.248 e. The van der Waals surface area contributed by atoms with Gasteiger partial charge in [0.1, 0.15) is 5.82 Å². The number of alkyl halides is 2. The van der Waals surface area contributed by atoms with E-state index in [0.29, 0.717) is 5.69 Å². The Morgan fingerprint density at radius 3 is 2.42 bits per heavy atom. The van der Waals surface area contributed by atoms with Crippen molar-refractivity contribution in [2.45, 2.75) is 44.1 Å². The molecule has 0 radical (unpaired) electrons. The van der Waals surface area contributed by atoms with Crippen LogP contribution in [0.3, 0.4) is 0 Å². The Labute approximate surface area is 138 Å². The zero-order valence-electron chi connectivity index (χ0n) is 13.1. The molecule has 130 valence electrons. The average molecular weight is 340 g/mol. The summed E-state index contributed by atoms with van der Waals surface area (Å²) in [6.45, 7) is 0.221. The van der Waals surface area contributed by atoms with Gasteiger partial charge in [-0.1, -0.05) is 0 Å². The molecule has 1 heterocycles. The van der Waals surface area contributed by atoms with Gasteiger partial charge in [0.25, 0.3) is 0 Å². The van der Waals surface area contributed by atoms with Crippen molar-refractivity contribution >= 4 is 17.5 Å². The fourth-order valence-corrected chi connectivity index (χ4v) is 3.26. The first-order chi connectivity index (χ1) is 11.3. The van der Waals surface area contributed by atoms with Gasteiger partial charge in [0.15, 0.2) is 0 Å². The van der Waals surface area contributed by atoms with E-state index in [1.54, 1.807) is 0 Å². The minimum atomic E-state index is -2.63. The van der Waals surface area contributed by atoms with Crippen LogP contribution in [0.4, 0.5) is 18.9 Å². The summed E-state index contributed by atoms with van der Waals surface area (Å²) in [5.74, 6) is -4.01. The van der Waals surface area contributed by atoms with Gasteiger partial charge in [0.2, 0.25) is 17.7 Å². The lowest BCUT2D eigenvalue weighted by atomic mass is 9.92. The molecule has 4 nitrogen and oxygen atoms in total. The van der Waals surface area contributed by atoms with Crippen LogP contribution in [0.2, 0.25) is 0 Å². The number of carbonyl (C=O) groups is 2. The van der Waals surface area contributed by atoms with Crippen molar-refractivity contribution in [1.29, 1.82) is 0 Å². The van der Waals surface area contributed by atoms with E-state index in [2.05, 4.69) is 5.32 Å². The quantitative estimate of drug-likeness (QED) is 0.920. The summed E-state index contributed by atoms with van der Waals surface area (Å²) < 4.78 is 39.3.